The van der Waals surface area contributed by atoms with Crippen LogP contribution >= 0.6 is 0 Å². The molecule has 6 heteroatoms. The van der Waals surface area contributed by atoms with Crippen molar-refractivity contribution >= 4 is 17.9 Å². The molecule has 0 saturated carbocycles. The molecule has 0 N–H and O–H groups in total. The van der Waals surface area contributed by atoms with Gasteiger partial charge >= 0.3 is 17.9 Å². The third kappa shape index (κ3) is 58.6. The topological polar surface area (TPSA) is 78.9 Å². The summed E-state index contributed by atoms with van der Waals surface area (Å²) in [5.41, 5.74) is 0. The van der Waals surface area contributed by atoms with Gasteiger partial charge < -0.3 is 14.2 Å². The Labute approximate surface area is 450 Å². The molecule has 0 amide bonds. The lowest BCUT2D eigenvalue weighted by molar-refractivity contribution is -0.167. The van der Waals surface area contributed by atoms with Crippen LogP contribution in [-0.4, -0.2) is 37.2 Å². The van der Waals surface area contributed by atoms with Gasteiger partial charge in [-0.2, -0.15) is 0 Å². The van der Waals surface area contributed by atoms with Gasteiger partial charge in [-0.3, -0.25) is 14.4 Å². The van der Waals surface area contributed by atoms with Crippen LogP contribution in [0.3, 0.4) is 0 Å². The van der Waals surface area contributed by atoms with Gasteiger partial charge in [0.05, 0.1) is 0 Å². The number of esters is 3. The highest BCUT2D eigenvalue weighted by molar-refractivity contribution is 5.71. The van der Waals surface area contributed by atoms with Gasteiger partial charge in [-0.15, -0.1) is 0 Å². The standard InChI is InChI=1S/C67H110O6/c1-4-7-10-13-16-19-22-25-28-29-30-31-32-33-34-35-36-37-40-42-45-48-51-54-57-60-66(69)72-63-64(73-67(70)61-58-55-52-49-46-43-39-27-24-21-18-15-12-9-6-3)62-71-65(68)59-56-53-50-47-44-41-38-26-23-20-17-14-11-8-5-2/h7,9-10,12,16,18-19,21,25,27-28,30-31,33-34,36-37,39,42,45,64H,4-6,8,11,13-15,17,20,22-24,26,29,32,35,38,40-41,43-44,46-63H2,1-3H3/b10-7-,12-9-,19-16-,21-18-,28-25-,31-30-,34-33-,37-36-,39-27-,45-42-. The summed E-state index contributed by atoms with van der Waals surface area (Å²) in [6.07, 6.45) is 83.3. The summed E-state index contributed by atoms with van der Waals surface area (Å²) in [5.74, 6) is -0.946. The highest BCUT2D eigenvalue weighted by atomic mass is 16.6. The summed E-state index contributed by atoms with van der Waals surface area (Å²) in [7, 11) is 0. The number of allylic oxidation sites excluding steroid dienone is 20. The maximum atomic E-state index is 12.9. The second-order valence-electron chi connectivity index (χ2n) is 19.5. The summed E-state index contributed by atoms with van der Waals surface area (Å²) in [5, 5.41) is 0. The summed E-state index contributed by atoms with van der Waals surface area (Å²) in [6, 6.07) is 0. The van der Waals surface area contributed by atoms with Gasteiger partial charge in [0, 0.05) is 19.3 Å². The molecule has 0 heterocycles. The molecule has 414 valence electrons. The van der Waals surface area contributed by atoms with Crippen LogP contribution in [0.5, 0.6) is 0 Å². The molecule has 1 atom stereocenters. The fraction of sp³-hybridized carbons (Fsp3) is 0.657. The number of hydrogen-bond donors (Lipinski definition) is 0. The molecule has 0 aliphatic carbocycles. The van der Waals surface area contributed by atoms with E-state index in [1.54, 1.807) is 0 Å². The van der Waals surface area contributed by atoms with E-state index in [4.69, 9.17) is 14.2 Å². The number of hydrogen-bond acceptors (Lipinski definition) is 6. The predicted octanol–water partition coefficient (Wildman–Crippen LogP) is 20.4. The van der Waals surface area contributed by atoms with E-state index < -0.39 is 6.10 Å². The number of unbranched alkanes of at least 4 members (excludes halogenated alkanes) is 22. The Hall–Kier alpha value is -4.19. The Morgan fingerprint density at radius 2 is 0.534 bits per heavy atom. The maximum Gasteiger partial charge on any atom is 0.306 e. The van der Waals surface area contributed by atoms with Crippen LogP contribution in [0.4, 0.5) is 0 Å². The quantitative estimate of drug-likeness (QED) is 0.0261. The van der Waals surface area contributed by atoms with E-state index in [2.05, 4.69) is 142 Å². The average molecular weight is 1010 g/mol. The lowest BCUT2D eigenvalue weighted by Crippen LogP contribution is -2.30. The van der Waals surface area contributed by atoms with Crippen molar-refractivity contribution in [2.45, 2.75) is 271 Å². The fourth-order valence-corrected chi connectivity index (χ4v) is 8.03. The van der Waals surface area contributed by atoms with E-state index in [9.17, 15) is 14.4 Å². The second kappa shape index (κ2) is 60.4. The highest BCUT2D eigenvalue weighted by Gasteiger charge is 2.19. The molecule has 73 heavy (non-hydrogen) atoms. The fourth-order valence-electron chi connectivity index (χ4n) is 8.03. The second-order valence-corrected chi connectivity index (χ2v) is 19.5. The van der Waals surface area contributed by atoms with Crippen LogP contribution in [0, 0.1) is 0 Å². The molecule has 0 rings (SSSR count). The third-order valence-electron chi connectivity index (χ3n) is 12.5. The Morgan fingerprint density at radius 3 is 0.849 bits per heavy atom. The summed E-state index contributed by atoms with van der Waals surface area (Å²) in [6.45, 7) is 6.38. The highest BCUT2D eigenvalue weighted by Crippen LogP contribution is 2.15. The third-order valence-corrected chi connectivity index (χ3v) is 12.5. The normalized spacial score (nSPS) is 13.0. The number of ether oxygens (including phenoxy) is 3. The van der Waals surface area contributed by atoms with E-state index in [1.165, 1.54) is 77.0 Å². The molecule has 0 aliphatic rings. The van der Waals surface area contributed by atoms with Gasteiger partial charge in [-0.25, -0.2) is 0 Å². The van der Waals surface area contributed by atoms with Crippen molar-refractivity contribution in [2.75, 3.05) is 13.2 Å². The van der Waals surface area contributed by atoms with Crippen molar-refractivity contribution in [3.63, 3.8) is 0 Å². The lowest BCUT2D eigenvalue weighted by Gasteiger charge is -2.18. The number of carbonyl (C=O) groups is 3. The van der Waals surface area contributed by atoms with Gasteiger partial charge in [0.1, 0.15) is 13.2 Å². The van der Waals surface area contributed by atoms with E-state index in [0.29, 0.717) is 19.3 Å². The molecule has 1 unspecified atom stereocenters. The first kappa shape index (κ1) is 68.8. The molecule has 0 fully saturated rings. The summed E-state index contributed by atoms with van der Waals surface area (Å²) >= 11 is 0. The zero-order valence-corrected chi connectivity index (χ0v) is 47.4. The van der Waals surface area contributed by atoms with Gasteiger partial charge in [0.15, 0.2) is 6.10 Å². The van der Waals surface area contributed by atoms with Gasteiger partial charge in [0.25, 0.3) is 0 Å². The smallest absolute Gasteiger partial charge is 0.306 e. The minimum Gasteiger partial charge on any atom is -0.462 e. The minimum absolute atomic E-state index is 0.0965. The van der Waals surface area contributed by atoms with Crippen molar-refractivity contribution in [3.05, 3.63) is 122 Å². The molecule has 0 aromatic heterocycles. The van der Waals surface area contributed by atoms with Crippen LogP contribution in [0.15, 0.2) is 122 Å². The van der Waals surface area contributed by atoms with Crippen LogP contribution in [0.1, 0.15) is 265 Å². The van der Waals surface area contributed by atoms with Gasteiger partial charge in [-0.05, 0) is 109 Å². The van der Waals surface area contributed by atoms with Crippen LogP contribution in [0.25, 0.3) is 0 Å². The molecule has 0 radical (unpaired) electrons. The van der Waals surface area contributed by atoms with Crippen molar-refractivity contribution in [1.29, 1.82) is 0 Å². The van der Waals surface area contributed by atoms with Crippen molar-refractivity contribution in [1.82, 2.24) is 0 Å². The number of rotatable bonds is 53. The largest absolute Gasteiger partial charge is 0.462 e. The van der Waals surface area contributed by atoms with E-state index in [0.717, 1.165) is 148 Å². The maximum absolute atomic E-state index is 12.9. The zero-order valence-electron chi connectivity index (χ0n) is 47.4. The predicted molar refractivity (Wildman–Crippen MR) is 316 cm³/mol. The number of carbonyl (C=O) groups excluding carboxylic acids is 3. The lowest BCUT2D eigenvalue weighted by atomic mass is 10.0. The van der Waals surface area contributed by atoms with Gasteiger partial charge in [0.2, 0.25) is 0 Å². The van der Waals surface area contributed by atoms with Crippen molar-refractivity contribution < 1.29 is 28.6 Å². The van der Waals surface area contributed by atoms with Crippen molar-refractivity contribution in [3.8, 4) is 0 Å². The SMILES string of the molecule is CC/C=C\C/C=C\C/C=C\C/C=C\C/C=C\C/C=C\C/C=C\CCCCCC(=O)OCC(COC(=O)CCCCCCCCCCCCCCCCC)OC(=O)CCCCCCC/C=C\C/C=C\C/C=C\CC. The molecule has 0 aliphatic heterocycles. The van der Waals surface area contributed by atoms with Crippen LogP contribution in [0.2, 0.25) is 0 Å². The van der Waals surface area contributed by atoms with Crippen LogP contribution in [-0.2, 0) is 28.6 Å². The molecule has 0 bridgehead atoms. The first-order valence-corrected chi connectivity index (χ1v) is 30.0. The molecule has 0 spiro atoms. The van der Waals surface area contributed by atoms with Crippen molar-refractivity contribution in [2.24, 2.45) is 0 Å². The molecular weight excluding hydrogens is 901 g/mol. The first-order chi connectivity index (χ1) is 36.0. The summed E-state index contributed by atoms with van der Waals surface area (Å²) < 4.78 is 16.9. The molecule has 6 nitrogen and oxygen atoms in total. The summed E-state index contributed by atoms with van der Waals surface area (Å²) in [4.78, 5) is 38.2. The zero-order chi connectivity index (χ0) is 52.9. The average Bonchev–Trinajstić information content (AvgIpc) is 3.39. The molecule has 0 aromatic rings. The first-order valence-electron chi connectivity index (χ1n) is 30.0. The Kier molecular flexibility index (Phi) is 56.9. The van der Waals surface area contributed by atoms with E-state index >= 15 is 0 Å². The molecule has 0 saturated heterocycles. The van der Waals surface area contributed by atoms with E-state index in [1.807, 2.05) is 0 Å². The van der Waals surface area contributed by atoms with E-state index in [-0.39, 0.29) is 31.1 Å². The molecule has 0 aromatic carbocycles. The minimum atomic E-state index is -0.804. The van der Waals surface area contributed by atoms with Crippen LogP contribution < -0.4 is 0 Å². The Morgan fingerprint density at radius 1 is 0.288 bits per heavy atom. The monoisotopic (exact) mass is 1010 g/mol. The Balaban J connectivity index is 4.45. The van der Waals surface area contributed by atoms with Gasteiger partial charge in [-0.1, -0.05) is 258 Å². The Bertz CT molecular complexity index is 1540. The molecular formula is C67H110O6.